The van der Waals surface area contributed by atoms with Crippen LogP contribution in [0.1, 0.15) is 24.1 Å². The molecule has 0 saturated heterocycles. The summed E-state index contributed by atoms with van der Waals surface area (Å²) < 4.78 is 0. The van der Waals surface area contributed by atoms with Crippen molar-refractivity contribution in [2.24, 2.45) is 5.73 Å². The molecular weight excluding hydrogens is 264 g/mol. The molecule has 2 rings (SSSR count). The van der Waals surface area contributed by atoms with Gasteiger partial charge in [0.05, 0.1) is 12.5 Å². The van der Waals surface area contributed by atoms with Crippen LogP contribution in [0.4, 0.5) is 0 Å². The number of hydrogen-bond donors (Lipinski definition) is 5. The minimum absolute atomic E-state index is 0.450. The van der Waals surface area contributed by atoms with E-state index >= 15 is 0 Å². The molecule has 0 aliphatic rings. The number of carbonyl (C=O) groups is 2. The molecule has 9 nitrogen and oxygen atoms in total. The van der Waals surface area contributed by atoms with E-state index in [0.717, 1.165) is 0 Å². The lowest BCUT2D eigenvalue weighted by Gasteiger charge is -2.17. The summed E-state index contributed by atoms with van der Waals surface area (Å²) >= 11 is 0. The van der Waals surface area contributed by atoms with Gasteiger partial charge in [-0.3, -0.25) is 9.59 Å². The van der Waals surface area contributed by atoms with Crippen molar-refractivity contribution in [2.45, 2.75) is 18.5 Å². The molecule has 0 radical (unpaired) electrons. The standard InChI is InChI=1S/C11H14N6O3/c12-6(5-7(18)19)11(20)17-8(9-13-1-2-14-9)10-15-3-4-16-10/h1-4,6,8H,5,12H2,(H,13,14)(H,15,16)(H,17,20)(H,18,19)/t6-/m0/s1. The Hall–Kier alpha value is -2.68. The molecule has 1 atom stereocenters. The lowest BCUT2D eigenvalue weighted by Crippen LogP contribution is -2.44. The first-order valence-electron chi connectivity index (χ1n) is 5.84. The van der Waals surface area contributed by atoms with E-state index in [4.69, 9.17) is 10.8 Å². The first kappa shape index (κ1) is 13.7. The highest BCUT2D eigenvalue weighted by atomic mass is 16.4. The van der Waals surface area contributed by atoms with Gasteiger partial charge in [-0.05, 0) is 0 Å². The number of aromatic nitrogens is 4. The molecule has 2 aromatic heterocycles. The number of aliphatic carboxylic acids is 1. The van der Waals surface area contributed by atoms with E-state index in [-0.39, 0.29) is 0 Å². The van der Waals surface area contributed by atoms with Crippen LogP contribution in [0, 0.1) is 0 Å². The van der Waals surface area contributed by atoms with Gasteiger partial charge in [0, 0.05) is 24.8 Å². The summed E-state index contributed by atoms with van der Waals surface area (Å²) in [5.74, 6) is -0.794. The normalized spacial score (nSPS) is 12.3. The van der Waals surface area contributed by atoms with Crippen LogP contribution in [0.5, 0.6) is 0 Å². The molecule has 0 aromatic carbocycles. The molecule has 0 saturated carbocycles. The van der Waals surface area contributed by atoms with E-state index in [0.29, 0.717) is 11.6 Å². The van der Waals surface area contributed by atoms with Gasteiger partial charge in [0.1, 0.15) is 17.7 Å². The van der Waals surface area contributed by atoms with E-state index in [1.165, 1.54) is 12.4 Å². The molecule has 0 unspecified atom stereocenters. The number of rotatable bonds is 6. The number of nitrogens with zero attached hydrogens (tertiary/aromatic N) is 2. The number of hydrogen-bond acceptors (Lipinski definition) is 5. The zero-order valence-corrected chi connectivity index (χ0v) is 10.4. The molecule has 106 valence electrons. The first-order chi connectivity index (χ1) is 9.58. The maximum atomic E-state index is 11.9. The quantitative estimate of drug-likeness (QED) is 0.464. The third kappa shape index (κ3) is 3.20. The molecule has 6 N–H and O–H groups in total. The van der Waals surface area contributed by atoms with E-state index in [9.17, 15) is 9.59 Å². The van der Waals surface area contributed by atoms with Crippen molar-refractivity contribution >= 4 is 11.9 Å². The van der Waals surface area contributed by atoms with Crippen molar-refractivity contribution in [3.63, 3.8) is 0 Å². The van der Waals surface area contributed by atoms with E-state index < -0.39 is 30.4 Å². The van der Waals surface area contributed by atoms with Gasteiger partial charge < -0.3 is 26.1 Å². The van der Waals surface area contributed by atoms with Crippen LogP contribution in [-0.4, -0.2) is 43.0 Å². The van der Waals surface area contributed by atoms with Crippen LogP contribution in [0.25, 0.3) is 0 Å². The van der Waals surface area contributed by atoms with Crippen molar-refractivity contribution in [3.05, 3.63) is 36.4 Å². The van der Waals surface area contributed by atoms with E-state index in [1.807, 2.05) is 0 Å². The highest BCUT2D eigenvalue weighted by molar-refractivity contribution is 5.86. The average Bonchev–Trinajstić information content (AvgIpc) is 3.07. The molecule has 20 heavy (non-hydrogen) atoms. The SMILES string of the molecule is N[C@@H](CC(=O)O)C(=O)NC(c1ncc[nH]1)c1ncc[nH]1. The van der Waals surface area contributed by atoms with Gasteiger partial charge in [0.2, 0.25) is 5.91 Å². The molecule has 2 aromatic rings. The van der Waals surface area contributed by atoms with E-state index in [2.05, 4.69) is 25.3 Å². The highest BCUT2D eigenvalue weighted by Gasteiger charge is 2.25. The summed E-state index contributed by atoms with van der Waals surface area (Å²) in [5, 5.41) is 11.2. The van der Waals surface area contributed by atoms with Gasteiger partial charge in [-0.15, -0.1) is 0 Å². The van der Waals surface area contributed by atoms with Crippen LogP contribution in [-0.2, 0) is 9.59 Å². The average molecular weight is 278 g/mol. The van der Waals surface area contributed by atoms with Gasteiger partial charge in [-0.2, -0.15) is 0 Å². The fraction of sp³-hybridized carbons (Fsp3) is 0.273. The number of nitrogens with one attached hydrogen (secondary N) is 3. The highest BCUT2D eigenvalue weighted by Crippen LogP contribution is 2.14. The minimum atomic E-state index is -1.14. The van der Waals surface area contributed by atoms with Gasteiger partial charge in [0.25, 0.3) is 0 Å². The second-order valence-corrected chi connectivity index (χ2v) is 4.09. The smallest absolute Gasteiger partial charge is 0.305 e. The fourth-order valence-electron chi connectivity index (χ4n) is 1.67. The molecule has 9 heteroatoms. The molecule has 0 aliphatic heterocycles. The first-order valence-corrected chi connectivity index (χ1v) is 5.84. The summed E-state index contributed by atoms with van der Waals surface area (Å²) in [6, 6.07) is -1.78. The topological polar surface area (TPSA) is 150 Å². The second-order valence-electron chi connectivity index (χ2n) is 4.09. The van der Waals surface area contributed by atoms with Crippen LogP contribution in [0.3, 0.4) is 0 Å². The molecule has 0 fully saturated rings. The van der Waals surface area contributed by atoms with Crippen molar-refractivity contribution in [1.82, 2.24) is 25.3 Å². The number of H-pyrrole nitrogens is 2. The van der Waals surface area contributed by atoms with Crippen LogP contribution in [0.2, 0.25) is 0 Å². The number of amides is 1. The van der Waals surface area contributed by atoms with Crippen molar-refractivity contribution in [3.8, 4) is 0 Å². The zero-order valence-electron chi connectivity index (χ0n) is 10.4. The lowest BCUT2D eigenvalue weighted by molar-refractivity contribution is -0.139. The van der Waals surface area contributed by atoms with Gasteiger partial charge in [-0.1, -0.05) is 0 Å². The third-order valence-corrected chi connectivity index (χ3v) is 2.60. The molecule has 2 heterocycles. The van der Waals surface area contributed by atoms with Gasteiger partial charge >= 0.3 is 5.97 Å². The fourth-order valence-corrected chi connectivity index (χ4v) is 1.67. The Morgan fingerprint density at radius 2 is 1.80 bits per heavy atom. The molecule has 0 bridgehead atoms. The predicted molar refractivity (Wildman–Crippen MR) is 67.4 cm³/mol. The summed E-state index contributed by atoms with van der Waals surface area (Å²) in [7, 11) is 0. The number of imidazole rings is 2. The Morgan fingerprint density at radius 3 is 2.20 bits per heavy atom. The van der Waals surface area contributed by atoms with Crippen LogP contribution >= 0.6 is 0 Å². The number of nitrogens with two attached hydrogens (primary N) is 1. The zero-order chi connectivity index (χ0) is 14.5. The molecule has 0 aliphatic carbocycles. The Kier molecular flexibility index (Phi) is 4.11. The second kappa shape index (κ2) is 5.97. The number of carboxylic acids is 1. The Bertz CT molecular complexity index is 531. The monoisotopic (exact) mass is 278 g/mol. The van der Waals surface area contributed by atoms with Crippen molar-refractivity contribution < 1.29 is 14.7 Å². The number of carbonyl (C=O) groups excluding carboxylic acids is 1. The molecular formula is C11H14N6O3. The van der Waals surface area contributed by atoms with Gasteiger partial charge in [-0.25, -0.2) is 9.97 Å². The summed E-state index contributed by atoms with van der Waals surface area (Å²) in [6.45, 7) is 0. The number of carboxylic acid groups (broad SMARTS) is 1. The third-order valence-electron chi connectivity index (χ3n) is 2.60. The van der Waals surface area contributed by atoms with Gasteiger partial charge in [0.15, 0.2) is 0 Å². The van der Waals surface area contributed by atoms with Crippen LogP contribution < -0.4 is 11.1 Å². The summed E-state index contributed by atoms with van der Waals surface area (Å²) in [6.07, 6.45) is 5.83. The van der Waals surface area contributed by atoms with Crippen molar-refractivity contribution in [1.29, 1.82) is 0 Å². The Balaban J connectivity index is 2.13. The van der Waals surface area contributed by atoms with Crippen LogP contribution in [0.15, 0.2) is 24.8 Å². The summed E-state index contributed by atoms with van der Waals surface area (Å²) in [4.78, 5) is 36.3. The molecule has 1 amide bonds. The maximum Gasteiger partial charge on any atom is 0.305 e. The lowest BCUT2D eigenvalue weighted by atomic mass is 10.2. The van der Waals surface area contributed by atoms with Crippen molar-refractivity contribution in [2.75, 3.05) is 0 Å². The largest absolute Gasteiger partial charge is 0.481 e. The maximum absolute atomic E-state index is 11.9. The number of aromatic amines is 2. The van der Waals surface area contributed by atoms with E-state index in [1.54, 1.807) is 12.4 Å². The Labute approximate surface area is 113 Å². The predicted octanol–water partition coefficient (Wildman–Crippen LogP) is -0.860. The molecule has 0 spiro atoms. The minimum Gasteiger partial charge on any atom is -0.481 e. The Morgan fingerprint density at radius 1 is 1.25 bits per heavy atom. The summed E-state index contributed by atoms with van der Waals surface area (Å²) in [5.41, 5.74) is 5.52.